The fourth-order valence-corrected chi connectivity index (χ4v) is 3.97. The molecule has 0 unspecified atom stereocenters. The normalized spacial score (nSPS) is 16.4. The third-order valence-corrected chi connectivity index (χ3v) is 5.51. The number of nitrogens with zero attached hydrogens (tertiary/aromatic N) is 3. The minimum atomic E-state index is -0.381. The van der Waals surface area contributed by atoms with Gasteiger partial charge in [0.1, 0.15) is 5.82 Å². The summed E-state index contributed by atoms with van der Waals surface area (Å²) in [5.74, 6) is 1.35. The molecular weight excluding hydrogens is 376 g/mol. The molecule has 1 aliphatic heterocycles. The minimum absolute atomic E-state index is 0.0939. The van der Waals surface area contributed by atoms with Crippen LogP contribution in [-0.4, -0.2) is 34.1 Å². The number of non-ortho nitro benzene ring substituents is 1. The van der Waals surface area contributed by atoms with Crippen molar-refractivity contribution < 1.29 is 9.66 Å². The van der Waals surface area contributed by atoms with Crippen molar-refractivity contribution in [3.8, 4) is 0 Å². The number of nitro benzene ring substituents is 1. The first-order valence-corrected chi connectivity index (χ1v) is 10.2. The summed E-state index contributed by atoms with van der Waals surface area (Å²) in [4.78, 5) is 19.9. The van der Waals surface area contributed by atoms with E-state index in [-0.39, 0.29) is 16.7 Å². The summed E-state index contributed by atoms with van der Waals surface area (Å²) >= 11 is 1.46. The zero-order valence-corrected chi connectivity index (χ0v) is 16.0. The van der Waals surface area contributed by atoms with Crippen LogP contribution in [0.2, 0.25) is 0 Å². The Kier molecular flexibility index (Phi) is 5.68. The molecule has 2 aromatic carbocycles. The van der Waals surface area contributed by atoms with Gasteiger partial charge in [0.2, 0.25) is 0 Å². The second-order valence-electron chi connectivity index (χ2n) is 6.60. The maximum absolute atomic E-state index is 11.0. The molecule has 144 valence electrons. The summed E-state index contributed by atoms with van der Waals surface area (Å²) < 4.78 is 5.69. The van der Waals surface area contributed by atoms with E-state index in [1.165, 1.54) is 17.8 Å². The predicted molar refractivity (Wildman–Crippen MR) is 110 cm³/mol. The predicted octanol–water partition coefficient (Wildman–Crippen LogP) is 4.42. The first kappa shape index (κ1) is 18.6. The Morgan fingerprint density at radius 1 is 1.21 bits per heavy atom. The molecule has 8 heteroatoms. The van der Waals surface area contributed by atoms with Crippen molar-refractivity contribution in [2.24, 2.45) is 0 Å². The van der Waals surface area contributed by atoms with Crippen LogP contribution in [0.3, 0.4) is 0 Å². The Balaban J connectivity index is 1.53. The molecule has 1 aromatic heterocycles. The Morgan fingerprint density at radius 3 is 2.93 bits per heavy atom. The highest BCUT2D eigenvalue weighted by Crippen LogP contribution is 2.27. The number of aromatic nitrogens is 2. The van der Waals surface area contributed by atoms with E-state index >= 15 is 0 Å². The summed E-state index contributed by atoms with van der Waals surface area (Å²) in [6, 6.07) is 14.5. The molecule has 7 nitrogen and oxygen atoms in total. The number of benzene rings is 2. The number of rotatable bonds is 7. The van der Waals surface area contributed by atoms with E-state index < -0.39 is 0 Å². The van der Waals surface area contributed by atoms with Crippen LogP contribution in [0.1, 0.15) is 18.4 Å². The number of thioether (sulfide) groups is 1. The van der Waals surface area contributed by atoms with Gasteiger partial charge in [0.15, 0.2) is 5.16 Å². The van der Waals surface area contributed by atoms with Gasteiger partial charge >= 0.3 is 0 Å². The van der Waals surface area contributed by atoms with Gasteiger partial charge in [-0.15, -0.1) is 0 Å². The largest absolute Gasteiger partial charge is 0.376 e. The molecule has 1 atom stereocenters. The average molecular weight is 396 g/mol. The highest BCUT2D eigenvalue weighted by atomic mass is 32.2. The van der Waals surface area contributed by atoms with Gasteiger partial charge in [-0.2, -0.15) is 0 Å². The van der Waals surface area contributed by atoms with Gasteiger partial charge in [0, 0.05) is 36.4 Å². The summed E-state index contributed by atoms with van der Waals surface area (Å²) in [6.45, 7) is 1.54. The van der Waals surface area contributed by atoms with Crippen molar-refractivity contribution in [1.82, 2.24) is 9.97 Å². The zero-order valence-electron chi connectivity index (χ0n) is 15.2. The Morgan fingerprint density at radius 2 is 2.11 bits per heavy atom. The van der Waals surface area contributed by atoms with E-state index in [4.69, 9.17) is 4.74 Å². The van der Waals surface area contributed by atoms with E-state index in [0.29, 0.717) is 10.9 Å². The zero-order chi connectivity index (χ0) is 19.3. The van der Waals surface area contributed by atoms with Crippen molar-refractivity contribution in [2.75, 3.05) is 18.5 Å². The monoisotopic (exact) mass is 396 g/mol. The van der Waals surface area contributed by atoms with E-state index in [1.54, 1.807) is 12.1 Å². The molecule has 28 heavy (non-hydrogen) atoms. The second kappa shape index (κ2) is 8.53. The molecule has 3 aromatic rings. The van der Waals surface area contributed by atoms with Crippen LogP contribution in [0.5, 0.6) is 0 Å². The van der Waals surface area contributed by atoms with Crippen LogP contribution in [0, 0.1) is 10.1 Å². The molecule has 0 spiro atoms. The standard InChI is InChI=1S/C20H20N4O3S/c25-24(26)15-6-3-5-14(11-15)13-28-20-22-18-9-2-1-8-17(18)19(23-20)21-12-16-7-4-10-27-16/h1-3,5-6,8-9,11,16H,4,7,10,12-13H2,(H,21,22,23)/t16-/m1/s1. The molecule has 2 heterocycles. The van der Waals surface area contributed by atoms with E-state index in [0.717, 1.165) is 48.3 Å². The number of nitrogens with one attached hydrogen (secondary N) is 1. The number of nitro groups is 1. The quantitative estimate of drug-likeness (QED) is 0.274. The number of para-hydroxylation sites is 1. The number of hydrogen-bond acceptors (Lipinski definition) is 7. The molecule has 0 bridgehead atoms. The van der Waals surface area contributed by atoms with Crippen molar-refractivity contribution >= 4 is 34.2 Å². The van der Waals surface area contributed by atoms with E-state index in [1.807, 2.05) is 30.3 Å². The van der Waals surface area contributed by atoms with E-state index in [2.05, 4.69) is 15.3 Å². The van der Waals surface area contributed by atoms with Gasteiger partial charge in [-0.1, -0.05) is 36.0 Å². The molecule has 1 N–H and O–H groups in total. The third kappa shape index (κ3) is 4.40. The van der Waals surface area contributed by atoms with Crippen LogP contribution in [0.15, 0.2) is 53.7 Å². The topological polar surface area (TPSA) is 90.2 Å². The van der Waals surface area contributed by atoms with Gasteiger partial charge in [-0.25, -0.2) is 9.97 Å². The minimum Gasteiger partial charge on any atom is -0.376 e. The summed E-state index contributed by atoms with van der Waals surface area (Å²) in [5, 5.41) is 16.0. The SMILES string of the molecule is O=[N+]([O-])c1cccc(CSc2nc(NC[C@H]3CCCO3)c3ccccc3n2)c1. The van der Waals surface area contributed by atoms with Gasteiger partial charge in [0.25, 0.3) is 5.69 Å². The number of ether oxygens (including phenoxy) is 1. The summed E-state index contributed by atoms with van der Waals surface area (Å²) in [6.07, 6.45) is 2.38. The molecule has 1 fully saturated rings. The average Bonchev–Trinajstić information content (AvgIpc) is 3.24. The van der Waals surface area contributed by atoms with Crippen LogP contribution in [-0.2, 0) is 10.5 Å². The molecule has 1 saturated heterocycles. The Labute approximate surface area is 166 Å². The smallest absolute Gasteiger partial charge is 0.269 e. The van der Waals surface area contributed by atoms with Crippen LogP contribution < -0.4 is 5.32 Å². The molecular formula is C20H20N4O3S. The van der Waals surface area contributed by atoms with E-state index in [9.17, 15) is 10.1 Å². The Hall–Kier alpha value is -2.71. The van der Waals surface area contributed by atoms with Gasteiger partial charge in [-0.3, -0.25) is 10.1 Å². The molecule has 0 aliphatic carbocycles. The lowest BCUT2D eigenvalue weighted by Gasteiger charge is -2.14. The maximum atomic E-state index is 11.0. The lowest BCUT2D eigenvalue weighted by molar-refractivity contribution is -0.384. The summed E-state index contributed by atoms with van der Waals surface area (Å²) in [7, 11) is 0. The van der Waals surface area contributed by atoms with Gasteiger partial charge in [-0.05, 0) is 30.5 Å². The lowest BCUT2D eigenvalue weighted by Crippen LogP contribution is -2.19. The summed E-state index contributed by atoms with van der Waals surface area (Å²) in [5.41, 5.74) is 1.83. The number of anilines is 1. The molecule has 4 rings (SSSR count). The van der Waals surface area contributed by atoms with Crippen LogP contribution >= 0.6 is 11.8 Å². The van der Waals surface area contributed by atoms with Gasteiger partial charge in [0.05, 0.1) is 16.5 Å². The molecule has 0 saturated carbocycles. The highest BCUT2D eigenvalue weighted by Gasteiger charge is 2.16. The Bertz CT molecular complexity index is 992. The van der Waals surface area contributed by atoms with Crippen LogP contribution in [0.4, 0.5) is 11.5 Å². The van der Waals surface area contributed by atoms with Crippen molar-refractivity contribution in [1.29, 1.82) is 0 Å². The fraction of sp³-hybridized carbons (Fsp3) is 0.300. The second-order valence-corrected chi connectivity index (χ2v) is 7.55. The van der Waals surface area contributed by atoms with Crippen molar-refractivity contribution in [2.45, 2.75) is 29.9 Å². The first-order valence-electron chi connectivity index (χ1n) is 9.17. The fourth-order valence-electron chi connectivity index (χ4n) is 3.18. The van der Waals surface area contributed by atoms with Crippen molar-refractivity contribution in [3.05, 3.63) is 64.2 Å². The van der Waals surface area contributed by atoms with Crippen molar-refractivity contribution in [3.63, 3.8) is 0 Å². The molecule has 1 aliphatic rings. The molecule has 0 radical (unpaired) electrons. The maximum Gasteiger partial charge on any atom is 0.269 e. The highest BCUT2D eigenvalue weighted by molar-refractivity contribution is 7.98. The lowest BCUT2D eigenvalue weighted by atomic mass is 10.2. The number of fused-ring (bicyclic) bond motifs is 1. The van der Waals surface area contributed by atoms with Gasteiger partial charge < -0.3 is 10.1 Å². The first-order chi connectivity index (χ1) is 13.7. The number of hydrogen-bond donors (Lipinski definition) is 1. The van der Waals surface area contributed by atoms with Crippen LogP contribution in [0.25, 0.3) is 10.9 Å². The molecule has 0 amide bonds. The third-order valence-electron chi connectivity index (χ3n) is 4.59.